The Labute approximate surface area is 191 Å². The summed E-state index contributed by atoms with van der Waals surface area (Å²) in [6.07, 6.45) is 8.21. The van der Waals surface area contributed by atoms with Crippen molar-refractivity contribution in [2.24, 2.45) is 5.41 Å². The van der Waals surface area contributed by atoms with E-state index in [2.05, 4.69) is 30.5 Å². The third-order valence-electron chi connectivity index (χ3n) is 6.59. The molecule has 0 saturated carbocycles. The first kappa shape index (κ1) is 21.6. The maximum atomic E-state index is 14.4. The second kappa shape index (κ2) is 8.58. The highest BCUT2D eigenvalue weighted by Crippen LogP contribution is 2.38. The topological polar surface area (TPSA) is 96.7 Å². The second-order valence-corrected chi connectivity index (χ2v) is 8.88. The van der Waals surface area contributed by atoms with Crippen molar-refractivity contribution in [3.05, 3.63) is 41.7 Å². The molecule has 9 nitrogen and oxygen atoms in total. The highest BCUT2D eigenvalue weighted by atomic mass is 19.1. The second-order valence-electron chi connectivity index (χ2n) is 8.88. The van der Waals surface area contributed by atoms with Gasteiger partial charge in [0.25, 0.3) is 5.91 Å². The van der Waals surface area contributed by atoms with E-state index in [0.29, 0.717) is 29.4 Å². The van der Waals surface area contributed by atoms with Crippen LogP contribution in [0.4, 0.5) is 16.0 Å². The van der Waals surface area contributed by atoms with E-state index >= 15 is 0 Å². The molecule has 5 heterocycles. The smallest absolute Gasteiger partial charge is 0.262 e. The number of pyridine rings is 1. The van der Waals surface area contributed by atoms with Crippen molar-refractivity contribution in [3.63, 3.8) is 0 Å². The number of carbonyl (C=O) groups excluding carboxylic acids is 1. The number of aromatic nitrogens is 4. The number of amides is 1. The van der Waals surface area contributed by atoms with Gasteiger partial charge in [0, 0.05) is 44.3 Å². The van der Waals surface area contributed by atoms with Gasteiger partial charge in [0.2, 0.25) is 11.8 Å². The van der Waals surface area contributed by atoms with Crippen LogP contribution in [-0.4, -0.2) is 58.0 Å². The third kappa shape index (κ3) is 4.22. The average molecular weight is 454 g/mol. The summed E-state index contributed by atoms with van der Waals surface area (Å²) in [6.45, 7) is 7.91. The molecule has 5 rings (SSSR count). The molecule has 10 heteroatoms. The highest BCUT2D eigenvalue weighted by molar-refractivity contribution is 6.05. The van der Waals surface area contributed by atoms with Crippen LogP contribution in [0.5, 0.6) is 5.88 Å². The van der Waals surface area contributed by atoms with Crippen LogP contribution in [-0.2, 0) is 0 Å². The molecule has 2 saturated heterocycles. The molecule has 0 aromatic carbocycles. The fraction of sp³-hybridized carbons (Fsp3) is 0.478. The molecular formula is C23H28FN7O2. The van der Waals surface area contributed by atoms with Crippen LogP contribution in [0, 0.1) is 18.2 Å². The summed E-state index contributed by atoms with van der Waals surface area (Å²) in [7, 11) is 0. The van der Waals surface area contributed by atoms with Gasteiger partial charge < -0.3 is 24.7 Å². The lowest BCUT2D eigenvalue weighted by molar-refractivity contribution is 0.102. The summed E-state index contributed by atoms with van der Waals surface area (Å²) in [6, 6.07) is 1.25. The van der Waals surface area contributed by atoms with Crippen molar-refractivity contribution in [2.45, 2.75) is 33.1 Å². The molecule has 2 N–H and O–H groups in total. The fourth-order valence-electron chi connectivity index (χ4n) is 4.76. The zero-order chi connectivity index (χ0) is 23.0. The summed E-state index contributed by atoms with van der Waals surface area (Å²) in [5.41, 5.74) is 1.80. The van der Waals surface area contributed by atoms with Crippen LogP contribution < -0.4 is 20.3 Å². The van der Waals surface area contributed by atoms with Gasteiger partial charge in [-0.1, -0.05) is 0 Å². The molecule has 2 fully saturated rings. The number of rotatable bonds is 5. The number of ether oxygens (including phenoxy) is 1. The molecule has 3 aromatic heterocycles. The molecule has 0 aliphatic carbocycles. The number of hydrogen-bond acceptors (Lipinski definition) is 7. The molecule has 2 aliphatic heterocycles. The number of carbonyl (C=O) groups is 1. The van der Waals surface area contributed by atoms with Gasteiger partial charge in [0.1, 0.15) is 5.56 Å². The quantitative estimate of drug-likeness (QED) is 0.613. The Morgan fingerprint density at radius 2 is 2.09 bits per heavy atom. The Balaban J connectivity index is 1.35. The lowest BCUT2D eigenvalue weighted by atomic mass is 9.78. The molecule has 0 bridgehead atoms. The van der Waals surface area contributed by atoms with Gasteiger partial charge in [-0.15, -0.1) is 0 Å². The van der Waals surface area contributed by atoms with Crippen molar-refractivity contribution in [2.75, 3.05) is 43.0 Å². The van der Waals surface area contributed by atoms with Crippen LogP contribution in [0.2, 0.25) is 0 Å². The Kier molecular flexibility index (Phi) is 5.61. The number of anilines is 2. The SMILES string of the molecule is CCOc1nc(N2CCC3(CCNC3)CC2)ncc1C(=O)Nc1cc(F)c2nc(C)cn2c1. The summed E-state index contributed by atoms with van der Waals surface area (Å²) in [5, 5.41) is 6.20. The molecule has 3 aromatic rings. The van der Waals surface area contributed by atoms with Gasteiger partial charge in [-0.2, -0.15) is 4.98 Å². The van der Waals surface area contributed by atoms with E-state index in [-0.39, 0.29) is 17.1 Å². The van der Waals surface area contributed by atoms with Crippen LogP contribution in [0.15, 0.2) is 24.7 Å². The number of halogens is 1. The number of aryl methyl sites for hydroxylation is 1. The van der Waals surface area contributed by atoms with E-state index in [1.54, 1.807) is 23.7 Å². The highest BCUT2D eigenvalue weighted by Gasteiger charge is 2.37. The summed E-state index contributed by atoms with van der Waals surface area (Å²) in [4.78, 5) is 28.3. The number of imidazole rings is 1. The van der Waals surface area contributed by atoms with Gasteiger partial charge >= 0.3 is 0 Å². The fourth-order valence-corrected chi connectivity index (χ4v) is 4.76. The summed E-state index contributed by atoms with van der Waals surface area (Å²) >= 11 is 0. The summed E-state index contributed by atoms with van der Waals surface area (Å²) < 4.78 is 21.6. The van der Waals surface area contributed by atoms with Crippen molar-refractivity contribution in [1.29, 1.82) is 0 Å². The van der Waals surface area contributed by atoms with E-state index in [1.807, 2.05) is 6.92 Å². The first-order valence-corrected chi connectivity index (χ1v) is 11.4. The Morgan fingerprint density at radius 3 is 2.82 bits per heavy atom. The number of piperidine rings is 1. The predicted octanol–water partition coefficient (Wildman–Crippen LogP) is 2.80. The normalized spacial score (nSPS) is 17.6. The zero-order valence-electron chi connectivity index (χ0n) is 18.9. The molecule has 1 spiro atoms. The lowest BCUT2D eigenvalue weighted by Crippen LogP contribution is -2.42. The van der Waals surface area contributed by atoms with E-state index in [0.717, 1.165) is 39.0 Å². The molecule has 1 amide bonds. The van der Waals surface area contributed by atoms with Crippen LogP contribution in [0.25, 0.3) is 5.65 Å². The van der Waals surface area contributed by atoms with E-state index in [1.165, 1.54) is 18.7 Å². The third-order valence-corrected chi connectivity index (χ3v) is 6.59. The minimum atomic E-state index is -0.516. The first-order chi connectivity index (χ1) is 16.0. The monoisotopic (exact) mass is 453 g/mol. The number of fused-ring (bicyclic) bond motifs is 1. The van der Waals surface area contributed by atoms with E-state index < -0.39 is 11.7 Å². The zero-order valence-corrected chi connectivity index (χ0v) is 18.9. The summed E-state index contributed by atoms with van der Waals surface area (Å²) in [5.74, 6) is -0.187. The molecule has 174 valence electrons. The Hall–Kier alpha value is -3.27. The van der Waals surface area contributed by atoms with Crippen molar-refractivity contribution >= 4 is 23.2 Å². The van der Waals surface area contributed by atoms with E-state index in [4.69, 9.17) is 4.74 Å². The molecular weight excluding hydrogens is 425 g/mol. The van der Waals surface area contributed by atoms with E-state index in [9.17, 15) is 9.18 Å². The Morgan fingerprint density at radius 1 is 1.27 bits per heavy atom. The molecule has 0 unspecified atom stereocenters. The first-order valence-electron chi connectivity index (χ1n) is 11.4. The van der Waals surface area contributed by atoms with Gasteiger partial charge in [0.15, 0.2) is 11.5 Å². The van der Waals surface area contributed by atoms with Crippen LogP contribution >= 0.6 is 0 Å². The average Bonchev–Trinajstić information content (AvgIpc) is 3.41. The van der Waals surface area contributed by atoms with Gasteiger partial charge in [0.05, 0.1) is 18.0 Å². The number of nitrogens with zero attached hydrogens (tertiary/aromatic N) is 5. The van der Waals surface area contributed by atoms with Crippen molar-refractivity contribution in [3.8, 4) is 5.88 Å². The minimum absolute atomic E-state index is 0.205. The largest absolute Gasteiger partial charge is 0.477 e. The minimum Gasteiger partial charge on any atom is -0.477 e. The van der Waals surface area contributed by atoms with Crippen molar-refractivity contribution in [1.82, 2.24) is 24.7 Å². The molecule has 2 aliphatic rings. The van der Waals surface area contributed by atoms with Crippen LogP contribution in [0.3, 0.4) is 0 Å². The van der Waals surface area contributed by atoms with Crippen LogP contribution in [0.1, 0.15) is 42.2 Å². The maximum Gasteiger partial charge on any atom is 0.262 e. The Bertz CT molecular complexity index is 1180. The molecule has 0 atom stereocenters. The van der Waals surface area contributed by atoms with Gasteiger partial charge in [-0.3, -0.25) is 4.79 Å². The standard InChI is InChI=1S/C23H28FN7O2/c1-3-33-21-17(20(32)28-16-10-18(24)19-27-15(2)12-31(19)13-16)11-26-22(29-21)30-8-5-23(6-9-30)4-7-25-14-23/h10-13,25H,3-9,14H2,1-2H3,(H,28,32). The number of hydrogen-bond donors (Lipinski definition) is 2. The number of nitrogens with one attached hydrogen (secondary N) is 2. The molecule has 33 heavy (non-hydrogen) atoms. The predicted molar refractivity (Wildman–Crippen MR) is 122 cm³/mol. The van der Waals surface area contributed by atoms with Gasteiger partial charge in [-0.25, -0.2) is 14.4 Å². The lowest BCUT2D eigenvalue weighted by Gasteiger charge is -2.38. The maximum absolute atomic E-state index is 14.4. The van der Waals surface area contributed by atoms with Crippen molar-refractivity contribution < 1.29 is 13.9 Å². The molecule has 0 radical (unpaired) electrons. The van der Waals surface area contributed by atoms with Gasteiger partial charge in [-0.05, 0) is 45.1 Å².